The molecule has 0 bridgehead atoms. The van der Waals surface area contributed by atoms with Crippen molar-refractivity contribution in [2.45, 2.75) is 19.9 Å². The van der Waals surface area contributed by atoms with Crippen molar-refractivity contribution < 1.29 is 9.18 Å². The number of carbonyl (C=O) groups is 1. The van der Waals surface area contributed by atoms with Gasteiger partial charge in [-0.1, -0.05) is 18.2 Å². The predicted molar refractivity (Wildman–Crippen MR) is 58.7 cm³/mol. The van der Waals surface area contributed by atoms with Gasteiger partial charge in [0.15, 0.2) is 0 Å². The average molecular weight is 207 g/mol. The molecular weight excluding hydrogens is 193 g/mol. The number of nitrogens with one attached hydrogen (secondary N) is 1. The normalized spacial score (nSPS) is 10.9. The second-order valence-corrected chi connectivity index (χ2v) is 3.52. The number of amides is 1. The molecule has 15 heavy (non-hydrogen) atoms. The Kier molecular flexibility index (Phi) is 4.03. The summed E-state index contributed by atoms with van der Waals surface area (Å²) in [5.41, 5.74) is 0.413. The van der Waals surface area contributed by atoms with Gasteiger partial charge < -0.3 is 5.32 Å². The lowest BCUT2D eigenvalue weighted by atomic mass is 10.2. The molecule has 0 atom stereocenters. The number of carbonyl (C=O) groups excluding carboxylic acids is 1. The molecule has 0 aliphatic heterocycles. The van der Waals surface area contributed by atoms with Gasteiger partial charge in [-0.05, 0) is 26.0 Å². The molecule has 0 heterocycles. The molecule has 0 aromatic heterocycles. The standard InChI is InChI=1S/C12H14FNO/c1-9(2)14-12(15)8-7-10-5-3-4-6-11(10)13/h3-9H,1-2H3,(H,14,15). The van der Waals surface area contributed by atoms with Gasteiger partial charge in [-0.2, -0.15) is 0 Å². The molecule has 1 amide bonds. The first-order valence-corrected chi connectivity index (χ1v) is 4.82. The molecule has 0 spiro atoms. The van der Waals surface area contributed by atoms with E-state index in [2.05, 4.69) is 5.32 Å². The molecule has 0 fully saturated rings. The minimum atomic E-state index is -0.328. The van der Waals surface area contributed by atoms with Gasteiger partial charge >= 0.3 is 0 Å². The quantitative estimate of drug-likeness (QED) is 0.757. The minimum absolute atomic E-state index is 0.0859. The summed E-state index contributed by atoms with van der Waals surface area (Å²) in [6.07, 6.45) is 2.80. The van der Waals surface area contributed by atoms with E-state index >= 15 is 0 Å². The molecule has 0 aliphatic carbocycles. The highest BCUT2D eigenvalue weighted by atomic mass is 19.1. The molecule has 0 unspecified atom stereocenters. The van der Waals surface area contributed by atoms with Crippen LogP contribution in [0.3, 0.4) is 0 Å². The van der Waals surface area contributed by atoms with Crippen LogP contribution in [-0.2, 0) is 4.79 Å². The Morgan fingerprint density at radius 1 is 1.40 bits per heavy atom. The van der Waals surface area contributed by atoms with Crippen LogP contribution in [0.4, 0.5) is 4.39 Å². The van der Waals surface area contributed by atoms with Gasteiger partial charge in [0, 0.05) is 17.7 Å². The zero-order chi connectivity index (χ0) is 11.3. The van der Waals surface area contributed by atoms with Gasteiger partial charge in [0.25, 0.3) is 0 Å². The highest BCUT2D eigenvalue weighted by Gasteiger charge is 1.99. The van der Waals surface area contributed by atoms with Crippen LogP contribution >= 0.6 is 0 Å². The Labute approximate surface area is 88.8 Å². The second-order valence-electron chi connectivity index (χ2n) is 3.52. The fourth-order valence-electron chi connectivity index (χ4n) is 1.11. The zero-order valence-electron chi connectivity index (χ0n) is 8.83. The molecule has 1 N–H and O–H groups in total. The predicted octanol–water partition coefficient (Wildman–Crippen LogP) is 2.36. The van der Waals surface area contributed by atoms with E-state index in [0.29, 0.717) is 5.56 Å². The Hall–Kier alpha value is -1.64. The Morgan fingerprint density at radius 3 is 2.67 bits per heavy atom. The SMILES string of the molecule is CC(C)NC(=O)C=Cc1ccccc1F. The number of halogens is 1. The van der Waals surface area contributed by atoms with Crippen LogP contribution in [0.25, 0.3) is 6.08 Å². The van der Waals surface area contributed by atoms with Crippen molar-refractivity contribution in [3.05, 3.63) is 41.7 Å². The van der Waals surface area contributed by atoms with E-state index in [1.807, 2.05) is 13.8 Å². The lowest BCUT2D eigenvalue weighted by molar-refractivity contribution is -0.116. The summed E-state index contributed by atoms with van der Waals surface area (Å²) in [5, 5.41) is 2.68. The summed E-state index contributed by atoms with van der Waals surface area (Å²) in [4.78, 5) is 11.2. The topological polar surface area (TPSA) is 29.1 Å². The number of benzene rings is 1. The van der Waals surface area contributed by atoms with Crippen molar-refractivity contribution in [3.63, 3.8) is 0 Å². The summed E-state index contributed by atoms with van der Waals surface area (Å²) in [6, 6.07) is 6.40. The van der Waals surface area contributed by atoms with Crippen molar-refractivity contribution in [1.29, 1.82) is 0 Å². The second kappa shape index (κ2) is 5.29. The van der Waals surface area contributed by atoms with Crippen LogP contribution in [-0.4, -0.2) is 11.9 Å². The highest BCUT2D eigenvalue weighted by Crippen LogP contribution is 2.07. The Bertz CT molecular complexity index is 372. The monoisotopic (exact) mass is 207 g/mol. The van der Waals surface area contributed by atoms with Gasteiger partial charge in [0.1, 0.15) is 5.82 Å². The first-order valence-electron chi connectivity index (χ1n) is 4.82. The van der Waals surface area contributed by atoms with E-state index in [9.17, 15) is 9.18 Å². The first-order chi connectivity index (χ1) is 7.09. The molecule has 0 saturated heterocycles. The lowest BCUT2D eigenvalue weighted by Crippen LogP contribution is -2.28. The Balaban J connectivity index is 2.66. The van der Waals surface area contributed by atoms with E-state index in [1.165, 1.54) is 18.2 Å². The van der Waals surface area contributed by atoms with Crippen LogP contribution in [0.1, 0.15) is 19.4 Å². The third kappa shape index (κ3) is 3.94. The number of rotatable bonds is 3. The molecule has 0 aliphatic rings. The number of hydrogen-bond donors (Lipinski definition) is 1. The third-order valence-corrected chi connectivity index (χ3v) is 1.75. The van der Waals surface area contributed by atoms with Crippen LogP contribution < -0.4 is 5.32 Å². The molecule has 0 saturated carbocycles. The van der Waals surface area contributed by atoms with Gasteiger partial charge in [0.2, 0.25) is 5.91 Å². The maximum atomic E-state index is 13.1. The lowest BCUT2D eigenvalue weighted by Gasteiger charge is -2.04. The summed E-state index contributed by atoms with van der Waals surface area (Å²) in [7, 11) is 0. The molecule has 2 nitrogen and oxygen atoms in total. The van der Waals surface area contributed by atoms with Crippen molar-refractivity contribution in [1.82, 2.24) is 5.32 Å². The smallest absolute Gasteiger partial charge is 0.244 e. The summed E-state index contributed by atoms with van der Waals surface area (Å²) in [5.74, 6) is -0.542. The largest absolute Gasteiger partial charge is 0.350 e. The maximum Gasteiger partial charge on any atom is 0.244 e. The van der Waals surface area contributed by atoms with Crippen molar-refractivity contribution >= 4 is 12.0 Å². The van der Waals surface area contributed by atoms with E-state index in [0.717, 1.165) is 0 Å². The number of hydrogen-bond acceptors (Lipinski definition) is 1. The Morgan fingerprint density at radius 2 is 2.07 bits per heavy atom. The van der Waals surface area contributed by atoms with Gasteiger partial charge in [-0.15, -0.1) is 0 Å². The maximum absolute atomic E-state index is 13.1. The molecule has 1 rings (SSSR count). The summed E-state index contributed by atoms with van der Waals surface area (Å²) >= 11 is 0. The van der Waals surface area contributed by atoms with Gasteiger partial charge in [0.05, 0.1) is 0 Å². The van der Waals surface area contributed by atoms with Crippen LogP contribution in [0.15, 0.2) is 30.3 Å². The van der Waals surface area contributed by atoms with E-state index in [4.69, 9.17) is 0 Å². The fraction of sp³-hybridized carbons (Fsp3) is 0.250. The third-order valence-electron chi connectivity index (χ3n) is 1.75. The van der Waals surface area contributed by atoms with Crippen molar-refractivity contribution in [3.8, 4) is 0 Å². The van der Waals surface area contributed by atoms with Gasteiger partial charge in [-0.3, -0.25) is 4.79 Å². The minimum Gasteiger partial charge on any atom is -0.350 e. The summed E-state index contributed by atoms with van der Waals surface area (Å²) in [6.45, 7) is 3.74. The highest BCUT2D eigenvalue weighted by molar-refractivity contribution is 5.91. The molecule has 1 aromatic rings. The zero-order valence-corrected chi connectivity index (χ0v) is 8.83. The van der Waals surface area contributed by atoms with Crippen molar-refractivity contribution in [2.75, 3.05) is 0 Å². The molecule has 80 valence electrons. The summed E-state index contributed by atoms with van der Waals surface area (Å²) < 4.78 is 13.1. The van der Waals surface area contributed by atoms with Crippen LogP contribution in [0.2, 0.25) is 0 Å². The molecule has 3 heteroatoms. The van der Waals surface area contributed by atoms with Crippen LogP contribution in [0, 0.1) is 5.82 Å². The van der Waals surface area contributed by atoms with E-state index < -0.39 is 0 Å². The average Bonchev–Trinajstić information content (AvgIpc) is 2.15. The van der Waals surface area contributed by atoms with Crippen LogP contribution in [0.5, 0.6) is 0 Å². The molecule has 0 radical (unpaired) electrons. The van der Waals surface area contributed by atoms with Crippen molar-refractivity contribution in [2.24, 2.45) is 0 Å². The molecular formula is C12H14FNO. The fourth-order valence-corrected chi connectivity index (χ4v) is 1.11. The van der Waals surface area contributed by atoms with E-state index in [-0.39, 0.29) is 17.8 Å². The van der Waals surface area contributed by atoms with Gasteiger partial charge in [-0.25, -0.2) is 4.39 Å². The molecule has 1 aromatic carbocycles. The van der Waals surface area contributed by atoms with E-state index in [1.54, 1.807) is 18.2 Å². The first kappa shape index (κ1) is 11.4.